The molecule has 0 aliphatic heterocycles. The second-order valence-corrected chi connectivity index (χ2v) is 4.50. The second kappa shape index (κ2) is 6.04. The van der Waals surface area contributed by atoms with Crippen molar-refractivity contribution in [3.05, 3.63) is 33.8 Å². The van der Waals surface area contributed by atoms with Crippen molar-refractivity contribution in [2.24, 2.45) is 0 Å². The largest absolute Gasteiger partial charge is 0.480 e. The minimum atomic E-state index is -1.41. The summed E-state index contributed by atoms with van der Waals surface area (Å²) < 4.78 is 0. The number of carbonyl (C=O) groups is 2. The van der Waals surface area contributed by atoms with E-state index in [1.165, 1.54) is 25.1 Å². The second-order valence-electron chi connectivity index (χ2n) is 3.65. The van der Waals surface area contributed by atoms with E-state index in [1.54, 1.807) is 0 Å². The fraction of sp³-hybridized carbons (Fsp3) is 0.273. The summed E-state index contributed by atoms with van der Waals surface area (Å²) >= 11 is 11.5. The zero-order valence-corrected chi connectivity index (χ0v) is 10.9. The van der Waals surface area contributed by atoms with E-state index < -0.39 is 24.0 Å². The molecule has 0 spiro atoms. The number of amides is 1. The van der Waals surface area contributed by atoms with Crippen LogP contribution in [-0.2, 0) is 4.79 Å². The number of carboxylic acids is 1. The van der Waals surface area contributed by atoms with Gasteiger partial charge in [-0.05, 0) is 25.1 Å². The third kappa shape index (κ3) is 3.60. The summed E-state index contributed by atoms with van der Waals surface area (Å²) in [5.74, 6) is -2.05. The molecule has 1 amide bonds. The highest BCUT2D eigenvalue weighted by molar-refractivity contribution is 6.35. The van der Waals surface area contributed by atoms with Crippen LogP contribution >= 0.6 is 23.2 Å². The molecule has 0 saturated carbocycles. The lowest BCUT2D eigenvalue weighted by atomic mass is 10.1. The molecule has 0 fully saturated rings. The average Bonchev–Trinajstić information content (AvgIpc) is 2.28. The molecule has 1 aromatic rings. The lowest BCUT2D eigenvalue weighted by Gasteiger charge is -2.17. The van der Waals surface area contributed by atoms with Crippen LogP contribution in [0.4, 0.5) is 0 Å². The molecule has 0 saturated heterocycles. The Morgan fingerprint density at radius 1 is 1.33 bits per heavy atom. The van der Waals surface area contributed by atoms with Gasteiger partial charge in [-0.2, -0.15) is 0 Å². The van der Waals surface area contributed by atoms with Gasteiger partial charge >= 0.3 is 5.97 Å². The van der Waals surface area contributed by atoms with Crippen molar-refractivity contribution < 1.29 is 19.8 Å². The number of nitrogens with one attached hydrogen (secondary N) is 1. The molecule has 0 aliphatic rings. The van der Waals surface area contributed by atoms with Gasteiger partial charge in [-0.1, -0.05) is 23.2 Å². The van der Waals surface area contributed by atoms with Gasteiger partial charge in [0.05, 0.1) is 16.7 Å². The number of benzene rings is 1. The van der Waals surface area contributed by atoms with E-state index in [9.17, 15) is 14.7 Å². The number of halogens is 2. The van der Waals surface area contributed by atoms with E-state index in [2.05, 4.69) is 5.32 Å². The Kier molecular flexibility index (Phi) is 4.95. The molecule has 0 aliphatic carbocycles. The van der Waals surface area contributed by atoms with Gasteiger partial charge in [0.15, 0.2) is 6.04 Å². The Morgan fingerprint density at radius 3 is 2.44 bits per heavy atom. The van der Waals surface area contributed by atoms with E-state index in [1.807, 2.05) is 0 Å². The van der Waals surface area contributed by atoms with Crippen LogP contribution in [-0.4, -0.2) is 34.2 Å². The number of carboxylic acid groups (broad SMARTS) is 1. The van der Waals surface area contributed by atoms with Crippen molar-refractivity contribution in [3.63, 3.8) is 0 Å². The maximum atomic E-state index is 11.8. The predicted molar refractivity (Wildman–Crippen MR) is 67.0 cm³/mol. The first kappa shape index (κ1) is 14.8. The summed E-state index contributed by atoms with van der Waals surface area (Å²) in [4.78, 5) is 22.6. The number of hydrogen-bond acceptors (Lipinski definition) is 3. The van der Waals surface area contributed by atoms with E-state index in [4.69, 9.17) is 28.3 Å². The highest BCUT2D eigenvalue weighted by Crippen LogP contribution is 2.20. The summed E-state index contributed by atoms with van der Waals surface area (Å²) in [6.07, 6.45) is -1.23. The number of rotatable bonds is 4. The lowest BCUT2D eigenvalue weighted by molar-refractivity contribution is -0.141. The Hall–Kier alpha value is -1.30. The average molecular weight is 292 g/mol. The number of hydrogen-bond donors (Lipinski definition) is 3. The van der Waals surface area contributed by atoms with Crippen LogP contribution in [0.5, 0.6) is 0 Å². The van der Waals surface area contributed by atoms with Crippen LogP contribution in [0.3, 0.4) is 0 Å². The summed E-state index contributed by atoms with van der Waals surface area (Å²) in [7, 11) is 0. The van der Waals surface area contributed by atoms with Crippen molar-refractivity contribution in [1.29, 1.82) is 0 Å². The van der Waals surface area contributed by atoms with Gasteiger partial charge in [0.1, 0.15) is 0 Å². The number of aliphatic carboxylic acids is 1. The molecule has 98 valence electrons. The molecule has 5 nitrogen and oxygen atoms in total. The van der Waals surface area contributed by atoms with Gasteiger partial charge in [0, 0.05) is 5.02 Å². The molecule has 7 heteroatoms. The van der Waals surface area contributed by atoms with Crippen molar-refractivity contribution in [2.75, 3.05) is 0 Å². The number of aliphatic hydroxyl groups excluding tert-OH is 1. The summed E-state index contributed by atoms with van der Waals surface area (Å²) in [6.45, 7) is 1.26. The van der Waals surface area contributed by atoms with E-state index in [0.29, 0.717) is 5.02 Å². The minimum Gasteiger partial charge on any atom is -0.480 e. The van der Waals surface area contributed by atoms with Gasteiger partial charge in [-0.25, -0.2) is 4.79 Å². The first-order valence-corrected chi connectivity index (χ1v) is 5.75. The first-order valence-electron chi connectivity index (χ1n) is 4.99. The van der Waals surface area contributed by atoms with Crippen LogP contribution in [0, 0.1) is 0 Å². The van der Waals surface area contributed by atoms with Crippen molar-refractivity contribution in [3.8, 4) is 0 Å². The summed E-state index contributed by atoms with van der Waals surface area (Å²) in [5, 5.41) is 20.7. The molecular weight excluding hydrogens is 281 g/mol. The Bertz CT molecular complexity index is 476. The van der Waals surface area contributed by atoms with E-state index in [-0.39, 0.29) is 10.6 Å². The monoisotopic (exact) mass is 291 g/mol. The lowest BCUT2D eigenvalue weighted by Crippen LogP contribution is -2.47. The van der Waals surface area contributed by atoms with Crippen LogP contribution in [0.25, 0.3) is 0 Å². The predicted octanol–water partition coefficient (Wildman–Crippen LogP) is 1.56. The molecule has 0 heterocycles. The Morgan fingerprint density at radius 2 is 1.94 bits per heavy atom. The molecule has 18 heavy (non-hydrogen) atoms. The zero-order chi connectivity index (χ0) is 13.9. The van der Waals surface area contributed by atoms with Crippen molar-refractivity contribution in [1.82, 2.24) is 5.32 Å². The van der Waals surface area contributed by atoms with Gasteiger partial charge in [-0.15, -0.1) is 0 Å². The first-order chi connectivity index (χ1) is 8.32. The van der Waals surface area contributed by atoms with Gasteiger partial charge in [0.25, 0.3) is 5.91 Å². The van der Waals surface area contributed by atoms with E-state index >= 15 is 0 Å². The smallest absolute Gasteiger partial charge is 0.328 e. The van der Waals surface area contributed by atoms with Gasteiger partial charge in [-0.3, -0.25) is 4.79 Å². The number of carbonyl (C=O) groups excluding carboxylic acids is 1. The van der Waals surface area contributed by atoms with Crippen LogP contribution in [0.2, 0.25) is 10.0 Å². The highest BCUT2D eigenvalue weighted by Gasteiger charge is 2.26. The molecule has 2 atom stereocenters. The summed E-state index contributed by atoms with van der Waals surface area (Å²) in [5.41, 5.74) is 0.0519. The molecule has 1 aromatic carbocycles. The fourth-order valence-electron chi connectivity index (χ4n) is 1.28. The van der Waals surface area contributed by atoms with Gasteiger partial charge in [0.2, 0.25) is 0 Å². The van der Waals surface area contributed by atoms with Crippen LogP contribution in [0.15, 0.2) is 18.2 Å². The van der Waals surface area contributed by atoms with E-state index in [0.717, 1.165) is 0 Å². The normalized spacial score (nSPS) is 13.8. The third-order valence-corrected chi connectivity index (χ3v) is 2.77. The molecule has 0 aromatic heterocycles. The van der Waals surface area contributed by atoms with Crippen LogP contribution in [0.1, 0.15) is 17.3 Å². The topological polar surface area (TPSA) is 86.6 Å². The summed E-state index contributed by atoms with van der Waals surface area (Å²) in [6, 6.07) is 2.84. The van der Waals surface area contributed by atoms with Crippen molar-refractivity contribution in [2.45, 2.75) is 19.1 Å². The molecular formula is C11H11Cl2NO4. The minimum absolute atomic E-state index is 0.0519. The quantitative estimate of drug-likeness (QED) is 0.786. The molecule has 1 rings (SSSR count). The third-order valence-electron chi connectivity index (χ3n) is 2.21. The fourth-order valence-corrected chi connectivity index (χ4v) is 1.65. The number of aliphatic hydroxyl groups is 1. The molecule has 3 N–H and O–H groups in total. The van der Waals surface area contributed by atoms with Crippen molar-refractivity contribution >= 4 is 35.1 Å². The maximum Gasteiger partial charge on any atom is 0.328 e. The van der Waals surface area contributed by atoms with Crippen LogP contribution < -0.4 is 5.32 Å². The maximum absolute atomic E-state index is 11.8. The standard InChI is InChI=1S/C11H11Cl2NO4/c1-5(15)9(11(17)18)14-10(16)7-4-6(12)2-3-8(7)13/h2-5,9,15H,1H3,(H,14,16)(H,17,18)/t5-,9+/m0/s1. The molecule has 0 radical (unpaired) electrons. The Balaban J connectivity index is 2.94. The highest BCUT2D eigenvalue weighted by atomic mass is 35.5. The SMILES string of the molecule is C[C@H](O)[C@@H](NC(=O)c1cc(Cl)ccc1Cl)C(=O)O. The zero-order valence-electron chi connectivity index (χ0n) is 9.35. The molecule has 0 unspecified atom stereocenters. The van der Waals surface area contributed by atoms with Gasteiger partial charge < -0.3 is 15.5 Å². The Labute approximate surface area is 113 Å². The molecule has 0 bridgehead atoms.